The molecule has 1 saturated heterocycles. The average Bonchev–Trinajstić information content (AvgIpc) is 2.89. The lowest BCUT2D eigenvalue weighted by molar-refractivity contribution is -0.119. The van der Waals surface area contributed by atoms with Gasteiger partial charge in [-0.3, -0.25) is 9.59 Å². The molecule has 23 heavy (non-hydrogen) atoms. The third-order valence-corrected chi connectivity index (χ3v) is 4.41. The first-order chi connectivity index (χ1) is 11.0. The van der Waals surface area contributed by atoms with E-state index in [1.165, 1.54) is 14.0 Å². The van der Waals surface area contributed by atoms with Crippen LogP contribution >= 0.6 is 11.6 Å². The first-order valence-electron chi connectivity index (χ1n) is 7.86. The standard InChI is InChI=1S/C17H23ClN2O3/c1-4-5-12-9-20(10-15(12)19-11(2)21)17(22)14-7-6-13(18)8-16(14)23-3/h6-8,12,15H,4-5,9-10H2,1-3H3,(H,19,21)/t12-,15-/m1/s1. The quantitative estimate of drug-likeness (QED) is 0.898. The van der Waals surface area contributed by atoms with Crippen LogP contribution in [0.25, 0.3) is 0 Å². The van der Waals surface area contributed by atoms with Crippen LogP contribution in [-0.2, 0) is 4.79 Å². The molecule has 0 unspecified atom stereocenters. The lowest BCUT2D eigenvalue weighted by Gasteiger charge is -2.18. The second kappa shape index (κ2) is 7.68. The van der Waals surface area contributed by atoms with E-state index in [4.69, 9.17) is 16.3 Å². The number of carbonyl (C=O) groups excluding carboxylic acids is 2. The first-order valence-corrected chi connectivity index (χ1v) is 8.24. The van der Waals surface area contributed by atoms with Gasteiger partial charge in [-0.2, -0.15) is 0 Å². The second-order valence-corrected chi connectivity index (χ2v) is 6.35. The van der Waals surface area contributed by atoms with Gasteiger partial charge < -0.3 is 15.0 Å². The predicted molar refractivity (Wildman–Crippen MR) is 89.9 cm³/mol. The molecule has 1 aromatic carbocycles. The molecule has 5 nitrogen and oxygen atoms in total. The summed E-state index contributed by atoms with van der Waals surface area (Å²) in [5.74, 6) is 0.602. The monoisotopic (exact) mass is 338 g/mol. The molecule has 1 aromatic rings. The minimum absolute atomic E-state index is 0.00898. The Labute approximate surface area is 141 Å². The number of benzene rings is 1. The molecule has 0 aliphatic carbocycles. The third-order valence-electron chi connectivity index (χ3n) is 4.17. The largest absolute Gasteiger partial charge is 0.496 e. The molecule has 0 bridgehead atoms. The van der Waals surface area contributed by atoms with Crippen LogP contribution in [0.15, 0.2) is 18.2 Å². The molecule has 2 amide bonds. The highest BCUT2D eigenvalue weighted by molar-refractivity contribution is 6.30. The molecule has 1 aliphatic heterocycles. The molecule has 1 heterocycles. The van der Waals surface area contributed by atoms with Gasteiger partial charge in [0.2, 0.25) is 5.91 Å². The Morgan fingerprint density at radius 3 is 2.74 bits per heavy atom. The van der Waals surface area contributed by atoms with Crippen molar-refractivity contribution in [3.8, 4) is 5.75 Å². The van der Waals surface area contributed by atoms with Crippen LogP contribution in [0, 0.1) is 5.92 Å². The van der Waals surface area contributed by atoms with Gasteiger partial charge in [0.05, 0.1) is 18.7 Å². The van der Waals surface area contributed by atoms with Crippen molar-refractivity contribution in [2.45, 2.75) is 32.7 Å². The average molecular weight is 339 g/mol. The Kier molecular flexibility index (Phi) is 5.88. The number of hydrogen-bond acceptors (Lipinski definition) is 3. The Morgan fingerprint density at radius 2 is 2.13 bits per heavy atom. The Balaban J connectivity index is 2.18. The molecule has 6 heteroatoms. The molecule has 0 radical (unpaired) electrons. The summed E-state index contributed by atoms with van der Waals surface area (Å²) in [4.78, 5) is 26.0. The zero-order valence-electron chi connectivity index (χ0n) is 13.8. The van der Waals surface area contributed by atoms with Gasteiger partial charge in [0.1, 0.15) is 5.75 Å². The van der Waals surface area contributed by atoms with Gasteiger partial charge in [0, 0.05) is 25.0 Å². The van der Waals surface area contributed by atoms with E-state index in [9.17, 15) is 9.59 Å². The number of carbonyl (C=O) groups is 2. The number of hydrogen-bond donors (Lipinski definition) is 1. The second-order valence-electron chi connectivity index (χ2n) is 5.91. The normalized spacial score (nSPS) is 20.4. The Morgan fingerprint density at radius 1 is 1.39 bits per heavy atom. The molecule has 2 atom stereocenters. The summed E-state index contributed by atoms with van der Waals surface area (Å²) in [6, 6.07) is 5.01. The molecule has 1 fully saturated rings. The summed E-state index contributed by atoms with van der Waals surface area (Å²) in [5, 5.41) is 3.49. The predicted octanol–water partition coefficient (Wildman–Crippen LogP) is 2.73. The minimum atomic E-state index is -0.0903. The van der Waals surface area contributed by atoms with Crippen molar-refractivity contribution >= 4 is 23.4 Å². The highest BCUT2D eigenvalue weighted by Crippen LogP contribution is 2.28. The van der Waals surface area contributed by atoms with Crippen LogP contribution < -0.4 is 10.1 Å². The van der Waals surface area contributed by atoms with Crippen molar-refractivity contribution in [2.24, 2.45) is 5.92 Å². The van der Waals surface area contributed by atoms with Gasteiger partial charge in [0.25, 0.3) is 5.91 Å². The zero-order valence-corrected chi connectivity index (χ0v) is 14.5. The SMILES string of the molecule is CCC[C@@H]1CN(C(=O)c2ccc(Cl)cc2OC)C[C@H]1NC(C)=O. The van der Waals surface area contributed by atoms with Crippen LogP contribution in [0.2, 0.25) is 5.02 Å². The fourth-order valence-corrected chi connectivity index (χ4v) is 3.30. The highest BCUT2D eigenvalue weighted by Gasteiger charge is 2.36. The minimum Gasteiger partial charge on any atom is -0.496 e. The van der Waals surface area contributed by atoms with Gasteiger partial charge in [0.15, 0.2) is 0 Å². The van der Waals surface area contributed by atoms with Crippen molar-refractivity contribution in [3.05, 3.63) is 28.8 Å². The zero-order chi connectivity index (χ0) is 17.0. The molecular formula is C17H23ClN2O3. The van der Waals surface area contributed by atoms with Crippen LogP contribution in [0.5, 0.6) is 5.75 Å². The highest BCUT2D eigenvalue weighted by atomic mass is 35.5. The maximum absolute atomic E-state index is 12.8. The Bertz CT molecular complexity index is 591. The molecular weight excluding hydrogens is 316 g/mol. The van der Waals surface area contributed by atoms with E-state index in [0.717, 1.165) is 12.8 Å². The maximum atomic E-state index is 12.8. The fourth-order valence-electron chi connectivity index (χ4n) is 3.14. The third kappa shape index (κ3) is 4.16. The van der Waals surface area contributed by atoms with Gasteiger partial charge in [-0.1, -0.05) is 24.9 Å². The van der Waals surface area contributed by atoms with Gasteiger partial charge >= 0.3 is 0 Å². The van der Waals surface area contributed by atoms with Gasteiger partial charge in [-0.05, 0) is 30.5 Å². The number of nitrogens with one attached hydrogen (secondary N) is 1. The van der Waals surface area contributed by atoms with Crippen molar-refractivity contribution < 1.29 is 14.3 Å². The number of likely N-dealkylation sites (tertiary alicyclic amines) is 1. The van der Waals surface area contributed by atoms with E-state index in [0.29, 0.717) is 29.4 Å². The molecule has 0 spiro atoms. The summed E-state index contributed by atoms with van der Waals surface area (Å²) < 4.78 is 5.27. The smallest absolute Gasteiger partial charge is 0.257 e. The fraction of sp³-hybridized carbons (Fsp3) is 0.529. The summed E-state index contributed by atoms with van der Waals surface area (Å²) >= 11 is 5.95. The van der Waals surface area contributed by atoms with E-state index in [-0.39, 0.29) is 23.8 Å². The maximum Gasteiger partial charge on any atom is 0.257 e. The molecule has 1 aliphatic rings. The number of ether oxygens (including phenoxy) is 1. The summed E-state index contributed by atoms with van der Waals surface area (Å²) in [6.45, 7) is 4.78. The summed E-state index contributed by atoms with van der Waals surface area (Å²) in [6.07, 6.45) is 2.00. The van der Waals surface area contributed by atoms with E-state index < -0.39 is 0 Å². The van der Waals surface area contributed by atoms with Gasteiger partial charge in [-0.25, -0.2) is 0 Å². The summed E-state index contributed by atoms with van der Waals surface area (Å²) in [5.41, 5.74) is 0.496. The van der Waals surface area contributed by atoms with E-state index in [1.54, 1.807) is 23.1 Å². The van der Waals surface area contributed by atoms with Crippen molar-refractivity contribution in [1.82, 2.24) is 10.2 Å². The number of halogens is 1. The molecule has 0 aromatic heterocycles. The van der Waals surface area contributed by atoms with Crippen molar-refractivity contribution in [2.75, 3.05) is 20.2 Å². The lowest BCUT2D eigenvalue weighted by Crippen LogP contribution is -2.39. The molecule has 126 valence electrons. The Hall–Kier alpha value is -1.75. The molecule has 0 saturated carbocycles. The number of rotatable bonds is 5. The van der Waals surface area contributed by atoms with Crippen molar-refractivity contribution in [3.63, 3.8) is 0 Å². The van der Waals surface area contributed by atoms with E-state index in [1.807, 2.05) is 0 Å². The van der Waals surface area contributed by atoms with Crippen LogP contribution in [0.1, 0.15) is 37.0 Å². The van der Waals surface area contributed by atoms with Crippen LogP contribution in [-0.4, -0.2) is 43.0 Å². The van der Waals surface area contributed by atoms with Gasteiger partial charge in [-0.15, -0.1) is 0 Å². The lowest BCUT2D eigenvalue weighted by atomic mass is 9.98. The number of methoxy groups -OCH3 is 1. The van der Waals surface area contributed by atoms with Crippen LogP contribution in [0.4, 0.5) is 0 Å². The molecule has 2 rings (SSSR count). The van der Waals surface area contributed by atoms with Crippen LogP contribution in [0.3, 0.4) is 0 Å². The number of amides is 2. The topological polar surface area (TPSA) is 58.6 Å². The van der Waals surface area contributed by atoms with E-state index in [2.05, 4.69) is 12.2 Å². The first kappa shape index (κ1) is 17.6. The van der Waals surface area contributed by atoms with Crippen molar-refractivity contribution in [1.29, 1.82) is 0 Å². The molecule has 1 N–H and O–H groups in total. The van der Waals surface area contributed by atoms with E-state index >= 15 is 0 Å². The summed E-state index contributed by atoms with van der Waals surface area (Å²) in [7, 11) is 1.52. The number of nitrogens with zero attached hydrogens (tertiary/aromatic N) is 1.